The van der Waals surface area contributed by atoms with Gasteiger partial charge in [-0.05, 0) is 46.1 Å². The molecule has 0 bridgehead atoms. The van der Waals surface area contributed by atoms with Gasteiger partial charge >= 0.3 is 0 Å². The lowest BCUT2D eigenvalue weighted by Gasteiger charge is -2.35. The molecule has 0 saturated carbocycles. The number of nitrogens with two attached hydrogens (primary N) is 2. The monoisotopic (exact) mass is 283 g/mol. The molecule has 0 unspecified atom stereocenters. The van der Waals surface area contributed by atoms with Crippen LogP contribution in [-0.2, 0) is 9.53 Å². The van der Waals surface area contributed by atoms with Crippen molar-refractivity contribution in [1.29, 1.82) is 0 Å². The normalized spacial score (nSPS) is 30.1. The van der Waals surface area contributed by atoms with Crippen molar-refractivity contribution in [3.05, 3.63) is 0 Å². The topological polar surface area (TPSA) is 81.6 Å². The van der Waals surface area contributed by atoms with E-state index >= 15 is 0 Å². The van der Waals surface area contributed by atoms with E-state index in [1.165, 1.54) is 0 Å². The smallest absolute Gasteiger partial charge is 0.239 e. The van der Waals surface area contributed by atoms with E-state index in [4.69, 9.17) is 16.2 Å². The number of carbonyl (C=O) groups is 1. The van der Waals surface area contributed by atoms with Crippen LogP contribution in [0.4, 0.5) is 0 Å². The first-order chi connectivity index (χ1) is 9.43. The van der Waals surface area contributed by atoms with Gasteiger partial charge in [-0.2, -0.15) is 0 Å². The fourth-order valence-electron chi connectivity index (χ4n) is 3.52. The zero-order valence-corrected chi connectivity index (χ0v) is 12.8. The Kier molecular flexibility index (Phi) is 5.04. The highest BCUT2D eigenvalue weighted by Crippen LogP contribution is 2.38. The first-order valence-electron chi connectivity index (χ1n) is 7.85. The van der Waals surface area contributed by atoms with E-state index in [9.17, 15) is 4.79 Å². The molecule has 2 heterocycles. The molecule has 5 heteroatoms. The molecule has 0 aromatic carbocycles. The molecule has 20 heavy (non-hydrogen) atoms. The maximum absolute atomic E-state index is 12.4. The van der Waals surface area contributed by atoms with Gasteiger partial charge in [0.1, 0.15) is 0 Å². The van der Waals surface area contributed by atoms with Crippen molar-refractivity contribution in [2.45, 2.75) is 63.7 Å². The third kappa shape index (κ3) is 3.71. The van der Waals surface area contributed by atoms with Crippen LogP contribution < -0.4 is 11.5 Å². The van der Waals surface area contributed by atoms with Gasteiger partial charge in [-0.1, -0.05) is 6.42 Å². The summed E-state index contributed by atoms with van der Waals surface area (Å²) in [6, 6.07) is -0.367. The van der Waals surface area contributed by atoms with Gasteiger partial charge in [-0.15, -0.1) is 0 Å². The second-order valence-electron chi connectivity index (χ2n) is 6.84. The van der Waals surface area contributed by atoms with Crippen LogP contribution in [0.2, 0.25) is 0 Å². The molecule has 1 amide bonds. The van der Waals surface area contributed by atoms with Gasteiger partial charge in [-0.25, -0.2) is 0 Å². The van der Waals surface area contributed by atoms with Crippen molar-refractivity contribution in [3.8, 4) is 0 Å². The predicted molar refractivity (Wildman–Crippen MR) is 79.1 cm³/mol. The number of fused-ring (bicyclic) bond motifs is 1. The predicted octanol–water partition coefficient (Wildman–Crippen LogP) is 0.859. The van der Waals surface area contributed by atoms with Crippen LogP contribution in [0, 0.1) is 5.92 Å². The number of hydrogen-bond donors (Lipinski definition) is 2. The molecule has 2 saturated heterocycles. The van der Waals surface area contributed by atoms with Crippen molar-refractivity contribution in [2.75, 3.05) is 19.6 Å². The van der Waals surface area contributed by atoms with E-state index in [0.29, 0.717) is 18.6 Å². The fraction of sp³-hybridized carbons (Fsp3) is 0.933. The molecule has 3 atom stereocenters. The first kappa shape index (κ1) is 15.7. The van der Waals surface area contributed by atoms with E-state index in [2.05, 4.69) is 13.8 Å². The second kappa shape index (κ2) is 6.41. The molecule has 0 aromatic heterocycles. The lowest BCUT2D eigenvalue weighted by Crippen LogP contribution is -2.50. The Hall–Kier alpha value is -0.650. The van der Waals surface area contributed by atoms with Gasteiger partial charge in [0.15, 0.2) is 0 Å². The number of piperidine rings is 1. The van der Waals surface area contributed by atoms with Crippen LogP contribution in [0.5, 0.6) is 0 Å². The van der Waals surface area contributed by atoms with Crippen LogP contribution in [0.3, 0.4) is 0 Å². The number of unbranched alkanes of at least 4 members (excludes halogenated alkanes) is 1. The Labute approximate surface area is 122 Å². The Morgan fingerprint density at radius 1 is 1.45 bits per heavy atom. The maximum Gasteiger partial charge on any atom is 0.239 e. The lowest BCUT2D eigenvalue weighted by atomic mass is 9.89. The summed E-state index contributed by atoms with van der Waals surface area (Å²) in [6.45, 7) is 6.52. The molecule has 2 fully saturated rings. The second-order valence-corrected chi connectivity index (χ2v) is 6.84. The van der Waals surface area contributed by atoms with Crippen LogP contribution in [0.25, 0.3) is 0 Å². The van der Waals surface area contributed by atoms with Crippen molar-refractivity contribution in [2.24, 2.45) is 17.4 Å². The van der Waals surface area contributed by atoms with E-state index < -0.39 is 0 Å². The molecule has 2 rings (SSSR count). The minimum absolute atomic E-state index is 0.0440. The molecule has 2 aliphatic rings. The number of nitrogens with zero attached hydrogens (tertiary/aromatic N) is 1. The van der Waals surface area contributed by atoms with Crippen molar-refractivity contribution in [1.82, 2.24) is 4.90 Å². The lowest BCUT2D eigenvalue weighted by molar-refractivity contribution is -0.136. The summed E-state index contributed by atoms with van der Waals surface area (Å²) in [5.41, 5.74) is 11.4. The molecular weight excluding hydrogens is 254 g/mol. The fourth-order valence-corrected chi connectivity index (χ4v) is 3.52. The first-order valence-corrected chi connectivity index (χ1v) is 7.85. The minimum atomic E-state index is -0.367. The highest BCUT2D eigenvalue weighted by molar-refractivity contribution is 5.81. The molecule has 0 aliphatic carbocycles. The van der Waals surface area contributed by atoms with Crippen molar-refractivity contribution >= 4 is 5.91 Å². The molecule has 0 spiro atoms. The minimum Gasteiger partial charge on any atom is -0.372 e. The van der Waals surface area contributed by atoms with Crippen molar-refractivity contribution in [3.63, 3.8) is 0 Å². The summed E-state index contributed by atoms with van der Waals surface area (Å²) in [4.78, 5) is 14.3. The Balaban J connectivity index is 1.83. The van der Waals surface area contributed by atoms with E-state index in [-0.39, 0.29) is 17.6 Å². The van der Waals surface area contributed by atoms with Gasteiger partial charge in [0, 0.05) is 19.0 Å². The van der Waals surface area contributed by atoms with Gasteiger partial charge in [-0.3, -0.25) is 4.79 Å². The number of likely N-dealkylation sites (tertiary alicyclic amines) is 1. The average Bonchev–Trinajstić information content (AvgIpc) is 2.70. The van der Waals surface area contributed by atoms with E-state index in [1.807, 2.05) is 4.90 Å². The Morgan fingerprint density at radius 2 is 2.20 bits per heavy atom. The molecule has 0 radical (unpaired) electrons. The van der Waals surface area contributed by atoms with Crippen LogP contribution in [0.1, 0.15) is 46.0 Å². The number of ether oxygens (including phenoxy) is 1. The molecular formula is C15H29N3O2. The Morgan fingerprint density at radius 3 is 2.90 bits per heavy atom. The summed E-state index contributed by atoms with van der Waals surface area (Å²) in [7, 11) is 0. The van der Waals surface area contributed by atoms with Gasteiger partial charge in [0.25, 0.3) is 0 Å². The molecule has 116 valence electrons. The maximum atomic E-state index is 12.4. The zero-order chi connectivity index (χ0) is 14.8. The van der Waals surface area contributed by atoms with Crippen LogP contribution in [0.15, 0.2) is 0 Å². The summed E-state index contributed by atoms with van der Waals surface area (Å²) < 4.78 is 6.04. The van der Waals surface area contributed by atoms with Crippen molar-refractivity contribution < 1.29 is 9.53 Å². The largest absolute Gasteiger partial charge is 0.372 e. The molecule has 0 aromatic rings. The summed E-state index contributed by atoms with van der Waals surface area (Å²) in [5.74, 6) is 0.573. The molecule has 2 aliphatic heterocycles. The quantitative estimate of drug-likeness (QED) is 0.733. The van der Waals surface area contributed by atoms with Gasteiger partial charge in [0.2, 0.25) is 5.91 Å². The average molecular weight is 283 g/mol. The van der Waals surface area contributed by atoms with E-state index in [1.54, 1.807) is 0 Å². The highest BCUT2D eigenvalue weighted by Gasteiger charge is 2.44. The number of hydrogen-bond acceptors (Lipinski definition) is 4. The number of carbonyl (C=O) groups excluding carboxylic acids is 1. The van der Waals surface area contributed by atoms with Crippen LogP contribution in [-0.4, -0.2) is 48.2 Å². The summed E-state index contributed by atoms with van der Waals surface area (Å²) >= 11 is 0. The van der Waals surface area contributed by atoms with E-state index in [0.717, 1.165) is 45.2 Å². The Bertz CT molecular complexity index is 346. The SMILES string of the molecule is CC1(C)C[C@@H]2CN(C(=O)[C@@H](N)CCCCN)CC[C@@H]2O1. The summed E-state index contributed by atoms with van der Waals surface area (Å²) in [5, 5.41) is 0. The highest BCUT2D eigenvalue weighted by atomic mass is 16.5. The molecule has 4 N–H and O–H groups in total. The zero-order valence-electron chi connectivity index (χ0n) is 12.8. The van der Waals surface area contributed by atoms with Gasteiger partial charge in [0.05, 0.1) is 17.7 Å². The standard InChI is InChI=1S/C15H29N3O2/c1-15(2)9-11-10-18(8-6-13(11)20-15)14(19)12(17)5-3-4-7-16/h11-13H,3-10,16-17H2,1-2H3/t11-,12+,13+/m1/s1. The van der Waals surface area contributed by atoms with Crippen LogP contribution >= 0.6 is 0 Å². The molecule has 5 nitrogen and oxygen atoms in total. The number of amides is 1. The number of rotatable bonds is 5. The van der Waals surface area contributed by atoms with Gasteiger partial charge < -0.3 is 21.1 Å². The summed E-state index contributed by atoms with van der Waals surface area (Å²) in [6.07, 6.45) is 4.90. The third-order valence-corrected chi connectivity index (χ3v) is 4.49. The third-order valence-electron chi connectivity index (χ3n) is 4.49.